The third kappa shape index (κ3) is 2.92. The summed E-state index contributed by atoms with van der Waals surface area (Å²) in [4.78, 5) is 4.35. The van der Waals surface area contributed by atoms with E-state index in [1.54, 1.807) is 7.11 Å². The van der Waals surface area contributed by atoms with Gasteiger partial charge >= 0.3 is 0 Å². The summed E-state index contributed by atoms with van der Waals surface area (Å²) in [5.41, 5.74) is 0. The average Bonchev–Trinajstić information content (AvgIpc) is 2.79. The van der Waals surface area contributed by atoms with Crippen molar-refractivity contribution in [3.05, 3.63) is 12.4 Å². The van der Waals surface area contributed by atoms with Crippen molar-refractivity contribution in [3.63, 3.8) is 0 Å². The molecule has 0 bridgehead atoms. The fourth-order valence-electron chi connectivity index (χ4n) is 1.95. The molecule has 5 heteroatoms. The third-order valence-corrected chi connectivity index (χ3v) is 3.99. The topological polar surface area (TPSA) is 39.1 Å². The summed E-state index contributed by atoms with van der Waals surface area (Å²) in [6.45, 7) is 1.53. The van der Waals surface area contributed by atoms with Crippen LogP contribution in [0.25, 0.3) is 0 Å². The van der Waals surface area contributed by atoms with Crippen LogP contribution in [0.5, 0.6) is 0 Å². The van der Waals surface area contributed by atoms with E-state index in [0.717, 1.165) is 12.5 Å². The lowest BCUT2D eigenvalue weighted by molar-refractivity contribution is 0.210. The summed E-state index contributed by atoms with van der Waals surface area (Å²) in [7, 11) is 1.71. The molecule has 16 heavy (non-hydrogen) atoms. The summed E-state index contributed by atoms with van der Waals surface area (Å²) in [5.74, 6) is 3.48. The first-order chi connectivity index (χ1) is 7.92. The molecule has 2 rings (SSSR count). The number of imidazole rings is 1. The Labute approximate surface area is 101 Å². The van der Waals surface area contributed by atoms with Crippen LogP contribution in [0.2, 0.25) is 0 Å². The van der Waals surface area contributed by atoms with Crippen LogP contribution in [0.3, 0.4) is 0 Å². The van der Waals surface area contributed by atoms with Gasteiger partial charge in [-0.15, -0.1) is 0 Å². The van der Waals surface area contributed by atoms with Gasteiger partial charge in [0.2, 0.25) is 5.95 Å². The molecular formula is C11H19N3OS. The number of hydrogen-bond donors (Lipinski definition) is 1. The first-order valence-electron chi connectivity index (χ1n) is 5.75. The van der Waals surface area contributed by atoms with Crippen molar-refractivity contribution in [3.8, 4) is 0 Å². The molecule has 0 spiro atoms. The second kappa shape index (κ2) is 6.15. The molecule has 1 aliphatic rings. The zero-order valence-electron chi connectivity index (χ0n) is 9.69. The zero-order valence-corrected chi connectivity index (χ0v) is 10.5. The number of aromatic nitrogens is 2. The van der Waals surface area contributed by atoms with Crippen LogP contribution in [-0.4, -0.2) is 41.3 Å². The van der Waals surface area contributed by atoms with Crippen LogP contribution in [0.1, 0.15) is 18.9 Å². The molecule has 1 saturated heterocycles. The standard InChI is InChI=1S/C11H19N3OS/c1-15-7-5-13-11-12-4-6-14(11)10-3-2-8-16-9-10/h4,6,10H,2-3,5,7-9H2,1H3,(H,12,13). The normalized spacial score (nSPS) is 20.9. The molecule has 1 aromatic heterocycles. The lowest BCUT2D eigenvalue weighted by Gasteiger charge is -2.24. The van der Waals surface area contributed by atoms with Crippen LogP contribution in [0.4, 0.5) is 5.95 Å². The van der Waals surface area contributed by atoms with Crippen molar-refractivity contribution in [2.75, 3.05) is 37.1 Å². The maximum Gasteiger partial charge on any atom is 0.203 e. The highest BCUT2D eigenvalue weighted by atomic mass is 32.2. The third-order valence-electron chi connectivity index (χ3n) is 2.79. The number of ether oxygens (including phenoxy) is 1. The van der Waals surface area contributed by atoms with E-state index in [0.29, 0.717) is 12.6 Å². The molecule has 1 aliphatic heterocycles. The van der Waals surface area contributed by atoms with Gasteiger partial charge < -0.3 is 14.6 Å². The second-order valence-electron chi connectivity index (χ2n) is 3.95. The number of nitrogens with one attached hydrogen (secondary N) is 1. The maximum atomic E-state index is 5.02. The molecule has 1 unspecified atom stereocenters. The van der Waals surface area contributed by atoms with Gasteiger partial charge in [-0.25, -0.2) is 4.98 Å². The Morgan fingerprint density at radius 2 is 2.62 bits per heavy atom. The zero-order chi connectivity index (χ0) is 11.2. The first-order valence-corrected chi connectivity index (χ1v) is 6.90. The Balaban J connectivity index is 1.94. The summed E-state index contributed by atoms with van der Waals surface area (Å²) in [6.07, 6.45) is 6.52. The van der Waals surface area contributed by atoms with E-state index in [4.69, 9.17) is 4.74 Å². The minimum Gasteiger partial charge on any atom is -0.383 e. The van der Waals surface area contributed by atoms with E-state index in [1.165, 1.54) is 24.3 Å². The number of rotatable bonds is 5. The van der Waals surface area contributed by atoms with Gasteiger partial charge in [-0.3, -0.25) is 0 Å². The van der Waals surface area contributed by atoms with Crippen LogP contribution in [0.15, 0.2) is 12.4 Å². The van der Waals surface area contributed by atoms with E-state index >= 15 is 0 Å². The van der Waals surface area contributed by atoms with Crippen LogP contribution >= 0.6 is 11.8 Å². The summed E-state index contributed by atoms with van der Waals surface area (Å²) >= 11 is 2.04. The van der Waals surface area contributed by atoms with Crippen molar-refractivity contribution < 1.29 is 4.74 Å². The Morgan fingerprint density at radius 1 is 1.69 bits per heavy atom. The average molecular weight is 241 g/mol. The van der Waals surface area contributed by atoms with E-state index in [2.05, 4.69) is 21.1 Å². The first kappa shape index (κ1) is 11.8. The summed E-state index contributed by atoms with van der Waals surface area (Å²) < 4.78 is 7.29. The fraction of sp³-hybridized carbons (Fsp3) is 0.727. The maximum absolute atomic E-state index is 5.02. The summed E-state index contributed by atoms with van der Waals surface area (Å²) in [6, 6.07) is 0.603. The molecule has 0 aromatic carbocycles. The molecule has 1 N–H and O–H groups in total. The molecular weight excluding hydrogens is 222 g/mol. The lowest BCUT2D eigenvalue weighted by atomic mass is 10.2. The second-order valence-corrected chi connectivity index (χ2v) is 5.10. The van der Waals surface area contributed by atoms with E-state index in [9.17, 15) is 0 Å². The molecule has 1 aromatic rings. The molecule has 0 aliphatic carbocycles. The van der Waals surface area contributed by atoms with Gasteiger partial charge in [0.15, 0.2) is 0 Å². The van der Waals surface area contributed by atoms with Crippen molar-refractivity contribution in [1.29, 1.82) is 0 Å². The van der Waals surface area contributed by atoms with Crippen molar-refractivity contribution in [2.24, 2.45) is 0 Å². The number of thioether (sulfide) groups is 1. The number of nitrogens with zero attached hydrogens (tertiary/aromatic N) is 2. The van der Waals surface area contributed by atoms with E-state index in [-0.39, 0.29) is 0 Å². The van der Waals surface area contributed by atoms with Crippen molar-refractivity contribution in [1.82, 2.24) is 9.55 Å². The smallest absolute Gasteiger partial charge is 0.203 e. The van der Waals surface area contributed by atoms with Crippen molar-refractivity contribution >= 4 is 17.7 Å². The van der Waals surface area contributed by atoms with Crippen LogP contribution in [0, 0.1) is 0 Å². The predicted molar refractivity (Wildman–Crippen MR) is 68.2 cm³/mol. The highest BCUT2D eigenvalue weighted by Gasteiger charge is 2.17. The van der Waals surface area contributed by atoms with Gasteiger partial charge in [-0.2, -0.15) is 11.8 Å². The van der Waals surface area contributed by atoms with Crippen molar-refractivity contribution in [2.45, 2.75) is 18.9 Å². The molecule has 1 fully saturated rings. The minimum absolute atomic E-state index is 0.603. The predicted octanol–water partition coefficient (Wildman–Crippen LogP) is 2.01. The monoisotopic (exact) mass is 241 g/mol. The van der Waals surface area contributed by atoms with E-state index < -0.39 is 0 Å². The SMILES string of the molecule is COCCNc1nccn1C1CCCSC1. The quantitative estimate of drug-likeness (QED) is 0.800. The number of methoxy groups -OCH3 is 1. The van der Waals surface area contributed by atoms with Crippen LogP contribution < -0.4 is 5.32 Å². The molecule has 4 nitrogen and oxygen atoms in total. The fourth-order valence-corrected chi connectivity index (χ4v) is 3.09. The Hall–Kier alpha value is -0.680. The lowest BCUT2D eigenvalue weighted by Crippen LogP contribution is -2.19. The largest absolute Gasteiger partial charge is 0.383 e. The number of hydrogen-bond acceptors (Lipinski definition) is 4. The van der Waals surface area contributed by atoms with Crippen LogP contribution in [-0.2, 0) is 4.74 Å². The highest BCUT2D eigenvalue weighted by Crippen LogP contribution is 2.28. The molecule has 0 saturated carbocycles. The Kier molecular flexibility index (Phi) is 4.54. The van der Waals surface area contributed by atoms with Gasteiger partial charge in [-0.1, -0.05) is 0 Å². The Morgan fingerprint density at radius 3 is 3.38 bits per heavy atom. The van der Waals surface area contributed by atoms with Gasteiger partial charge in [0.05, 0.1) is 6.61 Å². The summed E-state index contributed by atoms with van der Waals surface area (Å²) in [5, 5.41) is 3.31. The van der Waals surface area contributed by atoms with Gasteiger partial charge in [-0.05, 0) is 18.6 Å². The Bertz CT molecular complexity index is 310. The molecule has 0 amide bonds. The van der Waals surface area contributed by atoms with Gasteiger partial charge in [0.1, 0.15) is 0 Å². The minimum atomic E-state index is 0.603. The van der Waals surface area contributed by atoms with Gasteiger partial charge in [0.25, 0.3) is 0 Å². The molecule has 2 heterocycles. The molecule has 90 valence electrons. The van der Waals surface area contributed by atoms with E-state index in [1.807, 2.05) is 18.0 Å². The molecule has 0 radical (unpaired) electrons. The highest BCUT2D eigenvalue weighted by molar-refractivity contribution is 7.99. The number of anilines is 1. The molecule has 1 atom stereocenters. The van der Waals surface area contributed by atoms with Gasteiger partial charge in [0, 0.05) is 37.8 Å².